The fourth-order valence-corrected chi connectivity index (χ4v) is 2.90. The Bertz CT molecular complexity index is 273. The number of carbonyl (C=O) groups is 1. The van der Waals surface area contributed by atoms with Crippen LogP contribution in [-0.4, -0.2) is 5.91 Å². The van der Waals surface area contributed by atoms with Crippen molar-refractivity contribution in [3.05, 3.63) is 12.2 Å². The summed E-state index contributed by atoms with van der Waals surface area (Å²) < 4.78 is 0. The first-order chi connectivity index (χ1) is 11.3. The Morgan fingerprint density at radius 2 is 1.04 bits per heavy atom. The number of allylic oxidation sites excluding steroid dienone is 2. The number of carbonyl (C=O) groups excluding carboxylic acids is 1. The van der Waals surface area contributed by atoms with Crippen LogP contribution in [0.3, 0.4) is 0 Å². The van der Waals surface area contributed by atoms with Crippen LogP contribution in [0.2, 0.25) is 0 Å². The van der Waals surface area contributed by atoms with Gasteiger partial charge in [0.1, 0.15) is 0 Å². The molecule has 2 heteroatoms. The average molecular weight is 324 g/mol. The highest BCUT2D eigenvalue weighted by Gasteiger charge is 1.94. The number of hydrogen-bond donors (Lipinski definition) is 1. The number of unbranched alkanes of at least 4 members (excludes halogenated alkanes) is 14. The van der Waals surface area contributed by atoms with E-state index < -0.39 is 0 Å². The van der Waals surface area contributed by atoms with Crippen LogP contribution in [0.1, 0.15) is 116 Å². The highest BCUT2D eigenvalue weighted by molar-refractivity contribution is 5.73. The number of rotatable bonds is 18. The molecule has 1 amide bonds. The van der Waals surface area contributed by atoms with E-state index >= 15 is 0 Å². The van der Waals surface area contributed by atoms with Gasteiger partial charge in [-0.15, -0.1) is 0 Å². The molecule has 2 N–H and O–H groups in total. The first-order valence-electron chi connectivity index (χ1n) is 10.2. The van der Waals surface area contributed by atoms with Crippen molar-refractivity contribution in [2.75, 3.05) is 0 Å². The minimum absolute atomic E-state index is 0.175. The van der Waals surface area contributed by atoms with Crippen molar-refractivity contribution < 1.29 is 4.79 Å². The van der Waals surface area contributed by atoms with E-state index in [0.717, 1.165) is 19.3 Å². The van der Waals surface area contributed by atoms with Gasteiger partial charge in [-0.25, -0.2) is 0 Å². The zero-order chi connectivity index (χ0) is 17.0. The van der Waals surface area contributed by atoms with Crippen LogP contribution in [0, 0.1) is 0 Å². The number of hydrogen-bond acceptors (Lipinski definition) is 1. The standard InChI is InChI=1S/C21H41NO/c1-2-3-4-5-6-7-8-9-10-11-12-13-14-15-16-17-18-19-20-21(22)23/h15-16H,2-14,17-20H2,1H3,(H2,22,23)/b16-15-. The molecular formula is C21H41NO. The quantitative estimate of drug-likeness (QED) is 0.222. The second-order valence-electron chi connectivity index (χ2n) is 6.86. The second kappa shape index (κ2) is 19.3. The van der Waals surface area contributed by atoms with Crippen LogP contribution >= 0.6 is 0 Å². The van der Waals surface area contributed by atoms with E-state index in [1.807, 2.05) is 0 Å². The Labute approximate surface area is 145 Å². The highest BCUT2D eigenvalue weighted by atomic mass is 16.1. The minimum Gasteiger partial charge on any atom is -0.370 e. The zero-order valence-electron chi connectivity index (χ0n) is 15.7. The predicted molar refractivity (Wildman–Crippen MR) is 102 cm³/mol. The molecule has 0 aliphatic heterocycles. The van der Waals surface area contributed by atoms with Gasteiger partial charge in [-0.1, -0.05) is 89.7 Å². The monoisotopic (exact) mass is 323 g/mol. The summed E-state index contributed by atoms with van der Waals surface area (Å²) in [6.07, 6.45) is 26.4. The lowest BCUT2D eigenvalue weighted by molar-refractivity contribution is -0.118. The largest absolute Gasteiger partial charge is 0.370 e. The topological polar surface area (TPSA) is 43.1 Å². The molecule has 0 saturated heterocycles. The lowest BCUT2D eigenvalue weighted by atomic mass is 10.0. The van der Waals surface area contributed by atoms with E-state index in [0.29, 0.717) is 6.42 Å². The summed E-state index contributed by atoms with van der Waals surface area (Å²) in [5.41, 5.74) is 5.11. The maximum Gasteiger partial charge on any atom is 0.217 e. The van der Waals surface area contributed by atoms with E-state index in [1.54, 1.807) is 0 Å². The Kier molecular flexibility index (Phi) is 18.6. The van der Waals surface area contributed by atoms with Crippen molar-refractivity contribution in [3.63, 3.8) is 0 Å². The predicted octanol–water partition coefficient (Wildman–Crippen LogP) is 6.68. The van der Waals surface area contributed by atoms with Gasteiger partial charge in [-0.2, -0.15) is 0 Å². The minimum atomic E-state index is -0.175. The molecule has 2 nitrogen and oxygen atoms in total. The average Bonchev–Trinajstić information content (AvgIpc) is 2.53. The summed E-state index contributed by atoms with van der Waals surface area (Å²) in [6.45, 7) is 2.28. The molecule has 23 heavy (non-hydrogen) atoms. The number of nitrogens with two attached hydrogens (primary N) is 1. The van der Waals surface area contributed by atoms with Crippen LogP contribution in [0.5, 0.6) is 0 Å². The van der Waals surface area contributed by atoms with Crippen molar-refractivity contribution in [3.8, 4) is 0 Å². The molecule has 0 rings (SSSR count). The lowest BCUT2D eigenvalue weighted by Gasteiger charge is -2.02. The molecule has 0 aromatic carbocycles. The van der Waals surface area contributed by atoms with Gasteiger partial charge in [0.25, 0.3) is 0 Å². The van der Waals surface area contributed by atoms with Crippen LogP contribution in [0.15, 0.2) is 12.2 Å². The van der Waals surface area contributed by atoms with Gasteiger partial charge < -0.3 is 5.73 Å². The summed E-state index contributed by atoms with van der Waals surface area (Å²) in [7, 11) is 0. The molecule has 0 aromatic heterocycles. The third-order valence-electron chi connectivity index (χ3n) is 4.43. The molecule has 136 valence electrons. The van der Waals surface area contributed by atoms with Crippen molar-refractivity contribution in [2.45, 2.75) is 116 Å². The van der Waals surface area contributed by atoms with E-state index in [2.05, 4.69) is 19.1 Å². The number of amides is 1. The van der Waals surface area contributed by atoms with Crippen molar-refractivity contribution in [1.29, 1.82) is 0 Å². The summed E-state index contributed by atoms with van der Waals surface area (Å²) in [4.78, 5) is 10.6. The molecule has 0 bridgehead atoms. The molecule has 0 saturated carbocycles. The van der Waals surface area contributed by atoms with Gasteiger partial charge in [0.15, 0.2) is 0 Å². The molecule has 0 fully saturated rings. The summed E-state index contributed by atoms with van der Waals surface area (Å²) >= 11 is 0. The van der Waals surface area contributed by atoms with E-state index in [-0.39, 0.29) is 5.91 Å². The molecule has 0 unspecified atom stereocenters. The SMILES string of the molecule is CCCCCCCCCCCCCC/C=C\CCCCC(N)=O. The van der Waals surface area contributed by atoms with E-state index in [4.69, 9.17) is 5.73 Å². The van der Waals surface area contributed by atoms with Crippen molar-refractivity contribution >= 4 is 5.91 Å². The molecule has 0 atom stereocenters. The zero-order valence-corrected chi connectivity index (χ0v) is 15.7. The van der Waals surface area contributed by atoms with E-state index in [9.17, 15) is 4.79 Å². The maximum atomic E-state index is 10.6. The van der Waals surface area contributed by atoms with Gasteiger partial charge in [0, 0.05) is 6.42 Å². The molecule has 0 aliphatic rings. The third kappa shape index (κ3) is 21.2. The van der Waals surface area contributed by atoms with Crippen LogP contribution in [0.4, 0.5) is 0 Å². The second-order valence-corrected chi connectivity index (χ2v) is 6.86. The van der Waals surface area contributed by atoms with Crippen LogP contribution in [0.25, 0.3) is 0 Å². The summed E-state index contributed by atoms with van der Waals surface area (Å²) in [5, 5.41) is 0. The smallest absolute Gasteiger partial charge is 0.217 e. The molecule has 0 radical (unpaired) electrons. The molecule has 0 heterocycles. The Morgan fingerprint density at radius 1 is 0.652 bits per heavy atom. The van der Waals surface area contributed by atoms with Gasteiger partial charge in [-0.05, 0) is 32.1 Å². The molecule has 0 spiro atoms. The van der Waals surface area contributed by atoms with Gasteiger partial charge in [-0.3, -0.25) is 4.79 Å². The lowest BCUT2D eigenvalue weighted by Crippen LogP contribution is -2.09. The summed E-state index contributed by atoms with van der Waals surface area (Å²) in [6, 6.07) is 0. The highest BCUT2D eigenvalue weighted by Crippen LogP contribution is 2.12. The first kappa shape index (κ1) is 22.2. The maximum absolute atomic E-state index is 10.6. The number of primary amides is 1. The fourth-order valence-electron chi connectivity index (χ4n) is 2.90. The van der Waals surface area contributed by atoms with Gasteiger partial charge in [0.05, 0.1) is 0 Å². The van der Waals surface area contributed by atoms with Crippen LogP contribution < -0.4 is 5.73 Å². The third-order valence-corrected chi connectivity index (χ3v) is 4.43. The Balaban J connectivity index is 3.06. The molecule has 0 aromatic rings. The van der Waals surface area contributed by atoms with Crippen LogP contribution in [-0.2, 0) is 4.79 Å². The Hall–Kier alpha value is -0.790. The van der Waals surface area contributed by atoms with Crippen molar-refractivity contribution in [2.24, 2.45) is 5.73 Å². The first-order valence-corrected chi connectivity index (χ1v) is 10.2. The van der Waals surface area contributed by atoms with E-state index in [1.165, 1.54) is 83.5 Å². The molecular weight excluding hydrogens is 282 g/mol. The Morgan fingerprint density at radius 3 is 1.48 bits per heavy atom. The summed E-state index contributed by atoms with van der Waals surface area (Å²) in [5.74, 6) is -0.175. The van der Waals surface area contributed by atoms with Crippen molar-refractivity contribution in [1.82, 2.24) is 0 Å². The van der Waals surface area contributed by atoms with Gasteiger partial charge >= 0.3 is 0 Å². The molecule has 0 aliphatic carbocycles. The van der Waals surface area contributed by atoms with Gasteiger partial charge in [0.2, 0.25) is 5.91 Å². The normalized spacial score (nSPS) is 11.3. The fraction of sp³-hybridized carbons (Fsp3) is 0.857.